The molecule has 1 unspecified atom stereocenters. The number of carbonyl (C=O) groups excluding carboxylic acids is 2. The number of aromatic nitrogens is 5. The summed E-state index contributed by atoms with van der Waals surface area (Å²) < 4.78 is 42.1. The van der Waals surface area contributed by atoms with Gasteiger partial charge < -0.3 is 19.9 Å². The van der Waals surface area contributed by atoms with E-state index >= 15 is 0 Å². The maximum absolute atomic E-state index is 13.9. The summed E-state index contributed by atoms with van der Waals surface area (Å²) in [6, 6.07) is 5.57. The first-order valence-electron chi connectivity index (χ1n) is 13.6. The number of halogens is 5. The van der Waals surface area contributed by atoms with E-state index in [1.165, 1.54) is 18.3 Å². The number of fused-ring (bicyclic) bond motifs is 3. The highest BCUT2D eigenvalue weighted by molar-refractivity contribution is 9.10. The second-order valence-corrected chi connectivity index (χ2v) is 12.2. The summed E-state index contributed by atoms with van der Waals surface area (Å²) in [5.41, 5.74) is -0.877. The second kappa shape index (κ2) is 10.9. The van der Waals surface area contributed by atoms with Crippen LogP contribution in [0.5, 0.6) is 5.75 Å². The van der Waals surface area contributed by atoms with Crippen LogP contribution in [0, 0.1) is 0 Å². The monoisotopic (exact) mass is 693 g/mol. The van der Waals surface area contributed by atoms with E-state index in [0.29, 0.717) is 43.6 Å². The molecule has 1 aromatic carbocycles. The quantitative estimate of drug-likeness (QED) is 0.315. The number of hydrogen-bond donors (Lipinski definition) is 2. The highest BCUT2D eigenvalue weighted by Gasteiger charge is 2.49. The highest BCUT2D eigenvalue weighted by Crippen LogP contribution is 2.50. The molecular weight excluding hydrogens is 671 g/mol. The van der Waals surface area contributed by atoms with Gasteiger partial charge >= 0.3 is 6.18 Å². The van der Waals surface area contributed by atoms with Crippen LogP contribution in [0.1, 0.15) is 59.4 Å². The lowest BCUT2D eigenvalue weighted by molar-refractivity contribution is -0.137. The van der Waals surface area contributed by atoms with Crippen molar-refractivity contribution in [2.24, 2.45) is 0 Å². The SMILES string of the molecule is CC1CC2(CCN(C(=O)c3ncccc3O)CC2)c2c1n(CC(=O)Nc1ccc(C(F)(F)F)cc1Cl)c1nc(Br)nn1c2=O. The van der Waals surface area contributed by atoms with Crippen LogP contribution in [0.3, 0.4) is 0 Å². The van der Waals surface area contributed by atoms with E-state index in [-0.39, 0.29) is 50.7 Å². The van der Waals surface area contributed by atoms with Gasteiger partial charge in [-0.25, -0.2) is 4.98 Å². The van der Waals surface area contributed by atoms with E-state index in [0.717, 1.165) is 22.7 Å². The van der Waals surface area contributed by atoms with E-state index in [2.05, 4.69) is 36.3 Å². The lowest BCUT2D eigenvalue weighted by Crippen LogP contribution is -2.46. The Morgan fingerprint density at radius 3 is 2.61 bits per heavy atom. The third kappa shape index (κ3) is 5.11. The van der Waals surface area contributed by atoms with Gasteiger partial charge in [0.1, 0.15) is 12.3 Å². The van der Waals surface area contributed by atoms with Gasteiger partial charge in [-0.15, -0.1) is 5.10 Å². The molecule has 4 aromatic rings. The van der Waals surface area contributed by atoms with Gasteiger partial charge in [-0.2, -0.15) is 22.7 Å². The fraction of sp³-hybridized carbons (Fsp3) is 0.357. The minimum absolute atomic E-state index is 0.00141. The summed E-state index contributed by atoms with van der Waals surface area (Å²) in [7, 11) is 0. The zero-order chi connectivity index (χ0) is 31.6. The van der Waals surface area contributed by atoms with Crippen molar-refractivity contribution in [3.05, 3.63) is 79.2 Å². The zero-order valence-electron chi connectivity index (χ0n) is 23.0. The molecule has 44 heavy (non-hydrogen) atoms. The minimum atomic E-state index is -4.59. The van der Waals surface area contributed by atoms with E-state index in [4.69, 9.17) is 11.6 Å². The Bertz CT molecular complexity index is 1890. The molecule has 3 aromatic heterocycles. The van der Waals surface area contributed by atoms with Crippen molar-refractivity contribution in [2.75, 3.05) is 18.4 Å². The standard InChI is InChI=1S/C28H24BrClF3N7O4/c1-14-12-27(6-9-38(10-7-27)24(44)21-18(41)3-2-8-34-21)20-22(14)39(26-36-25(29)37-40(26)23(20)43)13-19(42)35-17-5-4-15(11-16(17)30)28(31,32)33/h2-5,8,11,14,41H,6-7,9-10,12-13H2,1H3,(H,35,42). The molecule has 4 heterocycles. The Hall–Kier alpha value is -3.98. The summed E-state index contributed by atoms with van der Waals surface area (Å²) in [6.45, 7) is 2.25. The van der Waals surface area contributed by atoms with Crippen LogP contribution < -0.4 is 10.9 Å². The molecule has 1 fully saturated rings. The molecule has 230 valence electrons. The van der Waals surface area contributed by atoms with Gasteiger partial charge in [0.05, 0.1) is 16.3 Å². The van der Waals surface area contributed by atoms with Crippen LogP contribution in [0.2, 0.25) is 5.02 Å². The number of rotatable bonds is 4. The van der Waals surface area contributed by atoms with Crippen LogP contribution in [0.4, 0.5) is 18.9 Å². The van der Waals surface area contributed by atoms with E-state index in [1.807, 2.05) is 6.92 Å². The largest absolute Gasteiger partial charge is 0.505 e. The van der Waals surface area contributed by atoms with Gasteiger partial charge in [0.15, 0.2) is 5.69 Å². The Morgan fingerprint density at radius 2 is 1.95 bits per heavy atom. The molecule has 0 saturated carbocycles. The Morgan fingerprint density at radius 1 is 1.23 bits per heavy atom. The molecule has 2 amide bonds. The van der Waals surface area contributed by atoms with Crippen LogP contribution in [-0.2, 0) is 22.9 Å². The molecule has 1 saturated heterocycles. The average Bonchev–Trinajstić information content (AvgIpc) is 3.49. The fourth-order valence-corrected chi connectivity index (χ4v) is 6.97. The van der Waals surface area contributed by atoms with E-state index in [9.17, 15) is 32.7 Å². The third-order valence-electron chi connectivity index (χ3n) is 8.32. The van der Waals surface area contributed by atoms with Gasteiger partial charge in [-0.3, -0.25) is 14.4 Å². The van der Waals surface area contributed by atoms with Gasteiger partial charge in [0.2, 0.25) is 16.4 Å². The number of nitrogens with one attached hydrogen (secondary N) is 1. The van der Waals surface area contributed by atoms with Gasteiger partial charge in [0, 0.05) is 36.0 Å². The second-order valence-electron chi connectivity index (χ2n) is 11.0. The number of pyridine rings is 1. The summed E-state index contributed by atoms with van der Waals surface area (Å²) in [6.07, 6.45) is -1.68. The summed E-state index contributed by atoms with van der Waals surface area (Å²) in [5, 5.41) is 16.6. The topological polar surface area (TPSA) is 135 Å². The summed E-state index contributed by atoms with van der Waals surface area (Å²) in [4.78, 5) is 50.2. The Kier molecular flexibility index (Phi) is 7.43. The van der Waals surface area contributed by atoms with Crippen LogP contribution >= 0.6 is 27.5 Å². The Balaban J connectivity index is 1.33. The number of nitrogens with zero attached hydrogens (tertiary/aromatic N) is 6. The maximum Gasteiger partial charge on any atom is 0.416 e. The minimum Gasteiger partial charge on any atom is -0.505 e. The number of piperidine rings is 1. The van der Waals surface area contributed by atoms with Crippen molar-refractivity contribution in [3.8, 4) is 5.75 Å². The van der Waals surface area contributed by atoms with Crippen molar-refractivity contribution >= 4 is 50.8 Å². The number of amides is 2. The first-order valence-corrected chi connectivity index (χ1v) is 14.8. The number of anilines is 1. The van der Waals surface area contributed by atoms with Crippen LogP contribution in [0.25, 0.3) is 5.78 Å². The zero-order valence-corrected chi connectivity index (χ0v) is 25.4. The molecule has 0 radical (unpaired) electrons. The van der Waals surface area contributed by atoms with Crippen molar-refractivity contribution in [1.29, 1.82) is 0 Å². The number of likely N-dealkylation sites (tertiary alicyclic amines) is 1. The van der Waals surface area contributed by atoms with E-state index in [1.54, 1.807) is 9.47 Å². The molecule has 16 heteroatoms. The molecule has 1 aliphatic carbocycles. The number of carbonyl (C=O) groups is 2. The Labute approximate surface area is 260 Å². The first kappa shape index (κ1) is 30.1. The third-order valence-corrected chi connectivity index (χ3v) is 8.97. The predicted molar refractivity (Wildman–Crippen MR) is 156 cm³/mol. The molecular formula is C28H24BrClF3N7O4. The van der Waals surface area contributed by atoms with Gasteiger partial charge in [-0.05, 0) is 71.4 Å². The van der Waals surface area contributed by atoms with Crippen LogP contribution in [-0.4, -0.2) is 59.1 Å². The average molecular weight is 695 g/mol. The summed E-state index contributed by atoms with van der Waals surface area (Å²) >= 11 is 9.27. The molecule has 11 nitrogen and oxygen atoms in total. The normalized spacial score (nSPS) is 17.7. The molecule has 1 aliphatic heterocycles. The highest BCUT2D eigenvalue weighted by atomic mass is 79.9. The maximum atomic E-state index is 13.9. The lowest BCUT2D eigenvalue weighted by Gasteiger charge is -2.39. The lowest BCUT2D eigenvalue weighted by atomic mass is 9.73. The number of hydrogen-bond acceptors (Lipinski definition) is 7. The number of benzene rings is 1. The fourth-order valence-electron chi connectivity index (χ4n) is 6.43. The van der Waals surface area contributed by atoms with Crippen molar-refractivity contribution in [3.63, 3.8) is 0 Å². The van der Waals surface area contributed by atoms with Gasteiger partial charge in [0.25, 0.3) is 11.5 Å². The van der Waals surface area contributed by atoms with Gasteiger partial charge in [-0.1, -0.05) is 18.5 Å². The van der Waals surface area contributed by atoms with Crippen LogP contribution in [0.15, 0.2) is 46.1 Å². The smallest absolute Gasteiger partial charge is 0.416 e. The van der Waals surface area contributed by atoms with Crippen molar-refractivity contribution < 1.29 is 27.9 Å². The molecule has 0 bridgehead atoms. The van der Waals surface area contributed by atoms with E-state index < -0.39 is 29.0 Å². The van der Waals surface area contributed by atoms with Crippen molar-refractivity contribution in [1.82, 2.24) is 29.0 Å². The summed E-state index contributed by atoms with van der Waals surface area (Å²) in [5.74, 6) is -1.27. The predicted octanol–water partition coefficient (Wildman–Crippen LogP) is 4.75. The molecule has 2 N–H and O–H groups in total. The molecule has 6 rings (SSSR count). The first-order chi connectivity index (χ1) is 20.8. The van der Waals surface area contributed by atoms with Crippen molar-refractivity contribution in [2.45, 2.75) is 50.2 Å². The molecule has 1 spiro atoms. The number of aromatic hydroxyl groups is 1. The number of alkyl halides is 3. The molecule has 1 atom stereocenters. The molecule has 2 aliphatic rings.